The Morgan fingerprint density at radius 1 is 1.35 bits per heavy atom. The number of likely N-dealkylation sites (tertiary alicyclic amines) is 1. The van der Waals surface area contributed by atoms with Gasteiger partial charge < -0.3 is 10.2 Å². The van der Waals surface area contributed by atoms with Crippen LogP contribution in [-0.2, 0) is 6.42 Å². The first-order valence-electron chi connectivity index (χ1n) is 7.46. The van der Waals surface area contributed by atoms with Crippen molar-refractivity contribution in [2.24, 2.45) is 10.9 Å². The lowest BCUT2D eigenvalue weighted by molar-refractivity contribution is 0.397. The molecule has 0 aromatic heterocycles. The number of benzene rings is 1. The zero-order valence-corrected chi connectivity index (χ0v) is 12.9. The Labute approximate surface area is 125 Å². The summed E-state index contributed by atoms with van der Waals surface area (Å²) in [5.41, 5.74) is 1.41. The highest BCUT2D eigenvalue weighted by atomic mass is 32.2. The highest BCUT2D eigenvalue weighted by molar-refractivity contribution is 8.14. The molecule has 108 valence electrons. The topological polar surface area (TPSA) is 27.6 Å². The summed E-state index contributed by atoms with van der Waals surface area (Å²) in [5, 5.41) is 4.73. The Morgan fingerprint density at radius 2 is 2.20 bits per heavy atom. The summed E-state index contributed by atoms with van der Waals surface area (Å²) in [6.45, 7) is 3.42. The molecule has 0 amide bonds. The third-order valence-corrected chi connectivity index (χ3v) is 5.15. The molecule has 1 aromatic rings. The molecule has 4 heteroatoms. The molecule has 0 bridgehead atoms. The van der Waals surface area contributed by atoms with Gasteiger partial charge in [-0.3, -0.25) is 4.99 Å². The van der Waals surface area contributed by atoms with Gasteiger partial charge in [-0.1, -0.05) is 42.1 Å². The third kappa shape index (κ3) is 3.76. The first-order chi connectivity index (χ1) is 9.79. The van der Waals surface area contributed by atoms with Crippen LogP contribution in [0.5, 0.6) is 0 Å². The van der Waals surface area contributed by atoms with E-state index in [1.807, 2.05) is 11.8 Å². The van der Waals surface area contributed by atoms with Gasteiger partial charge in [-0.05, 0) is 37.9 Å². The molecule has 20 heavy (non-hydrogen) atoms. The van der Waals surface area contributed by atoms with Gasteiger partial charge in [0.05, 0.1) is 0 Å². The molecule has 2 atom stereocenters. The molecule has 3 rings (SSSR count). The van der Waals surface area contributed by atoms with Crippen LogP contribution in [-0.4, -0.2) is 48.5 Å². The van der Waals surface area contributed by atoms with Crippen LogP contribution in [0.4, 0.5) is 0 Å². The normalized spacial score (nSPS) is 28.9. The smallest absolute Gasteiger partial charge is 0.156 e. The highest BCUT2D eigenvalue weighted by Gasteiger charge is 2.22. The quantitative estimate of drug-likeness (QED) is 0.921. The molecule has 0 saturated carbocycles. The highest BCUT2D eigenvalue weighted by Crippen LogP contribution is 2.19. The molecular weight excluding hydrogens is 266 g/mol. The first kappa shape index (κ1) is 14.0. The monoisotopic (exact) mass is 289 g/mol. The zero-order chi connectivity index (χ0) is 13.8. The average Bonchev–Trinajstić information content (AvgIpc) is 3.07. The number of amidine groups is 1. The number of nitrogens with one attached hydrogen (secondary N) is 1. The van der Waals surface area contributed by atoms with Crippen molar-refractivity contribution in [2.75, 3.05) is 32.4 Å². The van der Waals surface area contributed by atoms with Crippen molar-refractivity contribution < 1.29 is 0 Å². The lowest BCUT2D eigenvalue weighted by Crippen LogP contribution is -2.29. The van der Waals surface area contributed by atoms with E-state index in [4.69, 9.17) is 4.99 Å². The van der Waals surface area contributed by atoms with Crippen LogP contribution in [0.1, 0.15) is 12.0 Å². The van der Waals surface area contributed by atoms with E-state index in [1.165, 1.54) is 25.1 Å². The lowest BCUT2D eigenvalue weighted by Gasteiger charge is -2.10. The minimum Gasteiger partial charge on any atom is -0.361 e. The van der Waals surface area contributed by atoms with E-state index in [9.17, 15) is 0 Å². The van der Waals surface area contributed by atoms with Crippen LogP contribution in [0.3, 0.4) is 0 Å². The maximum absolute atomic E-state index is 4.77. The largest absolute Gasteiger partial charge is 0.361 e. The van der Waals surface area contributed by atoms with E-state index in [0.717, 1.165) is 29.8 Å². The molecule has 2 saturated heterocycles. The fourth-order valence-electron chi connectivity index (χ4n) is 2.92. The number of nitrogens with zero attached hydrogens (tertiary/aromatic N) is 2. The zero-order valence-electron chi connectivity index (χ0n) is 12.1. The molecular formula is C16H23N3S. The third-order valence-electron chi connectivity index (χ3n) is 4.06. The number of rotatable bonds is 4. The fraction of sp³-hybridized carbons (Fsp3) is 0.562. The minimum atomic E-state index is 0.535. The standard InChI is InChI=1S/C16H23N3S/c1-19-8-7-14(11-19)10-17-16-18-15(12-20-16)9-13-5-3-2-4-6-13/h2-6,14-15H,7-12H2,1H3,(H,17,18). The molecule has 0 spiro atoms. The molecule has 2 fully saturated rings. The van der Waals surface area contributed by atoms with Gasteiger partial charge in [0.15, 0.2) is 5.17 Å². The molecule has 0 radical (unpaired) electrons. The van der Waals surface area contributed by atoms with Crippen LogP contribution in [0.2, 0.25) is 0 Å². The average molecular weight is 289 g/mol. The Hall–Kier alpha value is -1.00. The van der Waals surface area contributed by atoms with Gasteiger partial charge >= 0.3 is 0 Å². The van der Waals surface area contributed by atoms with E-state index in [1.54, 1.807) is 0 Å². The van der Waals surface area contributed by atoms with E-state index in [-0.39, 0.29) is 0 Å². The number of hydrogen-bond donors (Lipinski definition) is 1. The molecule has 2 aliphatic heterocycles. The van der Waals surface area contributed by atoms with Crippen LogP contribution in [0.25, 0.3) is 0 Å². The van der Waals surface area contributed by atoms with Crippen molar-refractivity contribution in [3.8, 4) is 0 Å². The van der Waals surface area contributed by atoms with Gasteiger partial charge in [0.1, 0.15) is 0 Å². The first-order valence-corrected chi connectivity index (χ1v) is 8.44. The molecule has 1 N–H and O–H groups in total. The van der Waals surface area contributed by atoms with Crippen LogP contribution < -0.4 is 5.32 Å². The lowest BCUT2D eigenvalue weighted by atomic mass is 10.1. The SMILES string of the molecule is CN1CCC(CN=C2NC(Cc3ccccc3)CS2)C1. The van der Waals surface area contributed by atoms with Gasteiger partial charge in [-0.25, -0.2) is 0 Å². The summed E-state index contributed by atoms with van der Waals surface area (Å²) in [6.07, 6.45) is 2.39. The Bertz CT molecular complexity index is 460. The predicted molar refractivity (Wildman–Crippen MR) is 87.4 cm³/mol. The molecule has 0 aliphatic carbocycles. The van der Waals surface area contributed by atoms with Crippen molar-refractivity contribution >= 4 is 16.9 Å². The minimum absolute atomic E-state index is 0.535. The van der Waals surface area contributed by atoms with E-state index in [0.29, 0.717) is 6.04 Å². The number of hydrogen-bond acceptors (Lipinski definition) is 3. The molecule has 2 unspecified atom stereocenters. The summed E-state index contributed by atoms with van der Waals surface area (Å²) in [6, 6.07) is 11.2. The van der Waals surface area contributed by atoms with Crippen LogP contribution >= 0.6 is 11.8 Å². The number of aliphatic imine (C=N–C) groups is 1. The summed E-state index contributed by atoms with van der Waals surface area (Å²) in [5.74, 6) is 1.89. The van der Waals surface area contributed by atoms with E-state index < -0.39 is 0 Å². The maximum atomic E-state index is 4.77. The van der Waals surface area contributed by atoms with Gasteiger partial charge in [-0.15, -0.1) is 0 Å². The fourth-order valence-corrected chi connectivity index (χ4v) is 3.90. The van der Waals surface area contributed by atoms with Crippen LogP contribution in [0.15, 0.2) is 35.3 Å². The Balaban J connectivity index is 1.47. The summed E-state index contributed by atoms with van der Waals surface area (Å²) >= 11 is 1.88. The van der Waals surface area contributed by atoms with Crippen molar-refractivity contribution in [3.63, 3.8) is 0 Å². The molecule has 1 aromatic carbocycles. The molecule has 2 aliphatic rings. The Morgan fingerprint density at radius 3 is 2.95 bits per heavy atom. The Kier molecular flexibility index (Phi) is 4.63. The second-order valence-corrected chi connectivity index (χ2v) is 6.91. The summed E-state index contributed by atoms with van der Waals surface area (Å²) in [4.78, 5) is 7.17. The molecule has 2 heterocycles. The van der Waals surface area contributed by atoms with Gasteiger partial charge in [-0.2, -0.15) is 0 Å². The second-order valence-electron chi connectivity index (χ2n) is 5.90. The number of thioether (sulfide) groups is 1. The van der Waals surface area contributed by atoms with Crippen molar-refractivity contribution in [2.45, 2.75) is 18.9 Å². The van der Waals surface area contributed by atoms with E-state index >= 15 is 0 Å². The van der Waals surface area contributed by atoms with Crippen LogP contribution in [0, 0.1) is 5.92 Å². The maximum Gasteiger partial charge on any atom is 0.156 e. The van der Waals surface area contributed by atoms with E-state index in [2.05, 4.69) is 47.6 Å². The van der Waals surface area contributed by atoms with Crippen molar-refractivity contribution in [3.05, 3.63) is 35.9 Å². The summed E-state index contributed by atoms with van der Waals surface area (Å²) in [7, 11) is 2.20. The van der Waals surface area contributed by atoms with Crippen molar-refractivity contribution in [1.29, 1.82) is 0 Å². The second kappa shape index (κ2) is 6.64. The van der Waals surface area contributed by atoms with Crippen molar-refractivity contribution in [1.82, 2.24) is 10.2 Å². The van der Waals surface area contributed by atoms with Gasteiger partial charge in [0.2, 0.25) is 0 Å². The predicted octanol–water partition coefficient (Wildman–Crippen LogP) is 2.24. The van der Waals surface area contributed by atoms with Gasteiger partial charge in [0, 0.05) is 24.9 Å². The molecule has 3 nitrogen and oxygen atoms in total. The van der Waals surface area contributed by atoms with Gasteiger partial charge in [0.25, 0.3) is 0 Å². The summed E-state index contributed by atoms with van der Waals surface area (Å²) < 4.78 is 0.